The van der Waals surface area contributed by atoms with E-state index in [1.54, 1.807) is 0 Å². The van der Waals surface area contributed by atoms with Crippen LogP contribution >= 0.6 is 0 Å². The van der Waals surface area contributed by atoms with Gasteiger partial charge in [0.25, 0.3) is 0 Å². The molecule has 1 aliphatic heterocycles. The first-order valence-corrected chi connectivity index (χ1v) is 11.5. The number of carbonyl (C=O) groups is 1. The van der Waals surface area contributed by atoms with E-state index in [1.807, 2.05) is 36.9 Å². The van der Waals surface area contributed by atoms with Crippen LogP contribution in [-0.4, -0.2) is 59.7 Å². The molecule has 0 unspecified atom stereocenters. The van der Waals surface area contributed by atoms with E-state index >= 15 is 0 Å². The average molecular weight is 436 g/mol. The summed E-state index contributed by atoms with van der Waals surface area (Å²) in [5.41, 5.74) is 3.49. The highest BCUT2D eigenvalue weighted by Gasteiger charge is 2.23. The van der Waals surface area contributed by atoms with Crippen molar-refractivity contribution in [2.24, 2.45) is 7.05 Å². The number of carbonyl (C=O) groups excluding carboxylic acids is 1. The molecule has 0 saturated carbocycles. The van der Waals surface area contributed by atoms with Gasteiger partial charge in [-0.15, -0.1) is 0 Å². The summed E-state index contributed by atoms with van der Waals surface area (Å²) in [5.74, 6) is 1.55. The van der Waals surface area contributed by atoms with Crippen molar-refractivity contribution in [2.45, 2.75) is 26.8 Å². The van der Waals surface area contributed by atoms with Gasteiger partial charge in [0.15, 0.2) is 11.5 Å². The minimum atomic E-state index is 0.143. The molecule has 6 nitrogen and oxygen atoms in total. The SMILES string of the molecule is CCOc1cccc(CC(=O)N2CCN(Cc3cn(C)c4ccccc34)CC2)c1OCC. The molecule has 1 saturated heterocycles. The lowest BCUT2D eigenvalue weighted by Crippen LogP contribution is -2.48. The quantitative estimate of drug-likeness (QED) is 0.539. The Kier molecular flexibility index (Phi) is 7.00. The van der Waals surface area contributed by atoms with Crippen molar-refractivity contribution in [3.8, 4) is 11.5 Å². The van der Waals surface area contributed by atoms with Gasteiger partial charge in [0.05, 0.1) is 19.6 Å². The fourth-order valence-electron chi connectivity index (χ4n) is 4.50. The van der Waals surface area contributed by atoms with Gasteiger partial charge in [-0.1, -0.05) is 30.3 Å². The monoisotopic (exact) mass is 435 g/mol. The van der Waals surface area contributed by atoms with Crippen LogP contribution in [0, 0.1) is 0 Å². The van der Waals surface area contributed by atoms with Gasteiger partial charge in [-0.2, -0.15) is 0 Å². The Morgan fingerprint density at radius 1 is 0.906 bits per heavy atom. The number of aryl methyl sites for hydroxylation is 1. The second kappa shape index (κ2) is 10.1. The van der Waals surface area contributed by atoms with Crippen LogP contribution in [0.4, 0.5) is 0 Å². The van der Waals surface area contributed by atoms with Crippen LogP contribution in [0.25, 0.3) is 10.9 Å². The summed E-state index contributed by atoms with van der Waals surface area (Å²) in [7, 11) is 2.10. The number of hydrogen-bond acceptors (Lipinski definition) is 4. The summed E-state index contributed by atoms with van der Waals surface area (Å²) in [5, 5.41) is 1.31. The van der Waals surface area contributed by atoms with Crippen LogP contribution in [0.5, 0.6) is 11.5 Å². The van der Waals surface area contributed by atoms with E-state index in [1.165, 1.54) is 16.5 Å². The molecule has 1 amide bonds. The van der Waals surface area contributed by atoms with Crippen LogP contribution in [0.15, 0.2) is 48.7 Å². The van der Waals surface area contributed by atoms with Gasteiger partial charge in [0, 0.05) is 62.4 Å². The molecule has 2 aromatic carbocycles. The predicted molar refractivity (Wildman–Crippen MR) is 127 cm³/mol. The summed E-state index contributed by atoms with van der Waals surface area (Å²) < 4.78 is 13.7. The molecule has 0 N–H and O–H groups in total. The van der Waals surface area contributed by atoms with E-state index < -0.39 is 0 Å². The van der Waals surface area contributed by atoms with Crippen molar-refractivity contribution in [1.82, 2.24) is 14.4 Å². The third-order valence-electron chi connectivity index (χ3n) is 6.09. The second-order valence-electron chi connectivity index (χ2n) is 8.23. The molecule has 1 fully saturated rings. The number of amides is 1. The third kappa shape index (κ3) is 4.75. The fraction of sp³-hybridized carbons (Fsp3) is 0.423. The molecule has 4 rings (SSSR count). The minimum absolute atomic E-state index is 0.143. The molecule has 32 heavy (non-hydrogen) atoms. The van der Waals surface area contributed by atoms with Gasteiger partial charge >= 0.3 is 0 Å². The minimum Gasteiger partial charge on any atom is -0.490 e. The van der Waals surface area contributed by atoms with Crippen LogP contribution in [0.2, 0.25) is 0 Å². The van der Waals surface area contributed by atoms with Gasteiger partial charge in [0.1, 0.15) is 0 Å². The molecular formula is C26H33N3O3. The van der Waals surface area contributed by atoms with E-state index in [-0.39, 0.29) is 5.91 Å². The Morgan fingerprint density at radius 3 is 2.41 bits per heavy atom. The molecule has 2 heterocycles. The van der Waals surface area contributed by atoms with Gasteiger partial charge < -0.3 is 18.9 Å². The first-order chi connectivity index (χ1) is 15.6. The zero-order valence-electron chi connectivity index (χ0n) is 19.3. The number of ether oxygens (including phenoxy) is 2. The zero-order valence-corrected chi connectivity index (χ0v) is 19.3. The number of nitrogens with zero attached hydrogens (tertiary/aromatic N) is 3. The van der Waals surface area contributed by atoms with Crippen molar-refractivity contribution >= 4 is 16.8 Å². The van der Waals surface area contributed by atoms with E-state index in [0.29, 0.717) is 31.1 Å². The van der Waals surface area contributed by atoms with Crippen molar-refractivity contribution in [1.29, 1.82) is 0 Å². The van der Waals surface area contributed by atoms with Gasteiger partial charge in [-0.3, -0.25) is 9.69 Å². The van der Waals surface area contributed by atoms with Gasteiger partial charge in [-0.25, -0.2) is 0 Å². The maximum Gasteiger partial charge on any atom is 0.227 e. The van der Waals surface area contributed by atoms with E-state index in [9.17, 15) is 4.79 Å². The molecule has 1 aliphatic rings. The fourth-order valence-corrected chi connectivity index (χ4v) is 4.50. The summed E-state index contributed by atoms with van der Waals surface area (Å²) in [6.07, 6.45) is 2.56. The van der Waals surface area contributed by atoms with Crippen molar-refractivity contribution in [3.63, 3.8) is 0 Å². The summed E-state index contributed by atoms with van der Waals surface area (Å²) in [6, 6.07) is 14.3. The van der Waals surface area contributed by atoms with E-state index in [2.05, 4.69) is 47.0 Å². The summed E-state index contributed by atoms with van der Waals surface area (Å²) in [6.45, 7) is 9.17. The highest BCUT2D eigenvalue weighted by molar-refractivity contribution is 5.84. The van der Waals surface area contributed by atoms with Gasteiger partial charge in [0.2, 0.25) is 5.91 Å². The Balaban J connectivity index is 1.37. The number of hydrogen-bond donors (Lipinski definition) is 0. The maximum absolute atomic E-state index is 13.0. The molecule has 0 atom stereocenters. The lowest BCUT2D eigenvalue weighted by molar-refractivity contribution is -0.132. The van der Waals surface area contributed by atoms with Crippen molar-refractivity contribution in [3.05, 3.63) is 59.8 Å². The molecule has 170 valence electrons. The van der Waals surface area contributed by atoms with Crippen LogP contribution < -0.4 is 9.47 Å². The molecular weight excluding hydrogens is 402 g/mol. The molecule has 0 radical (unpaired) electrons. The average Bonchev–Trinajstić information content (AvgIpc) is 3.12. The molecule has 6 heteroatoms. The smallest absolute Gasteiger partial charge is 0.227 e. The first-order valence-electron chi connectivity index (χ1n) is 11.5. The normalized spacial score (nSPS) is 14.7. The largest absolute Gasteiger partial charge is 0.490 e. The zero-order chi connectivity index (χ0) is 22.5. The predicted octanol–water partition coefficient (Wildman–Crippen LogP) is 3.86. The van der Waals surface area contributed by atoms with Crippen molar-refractivity contribution < 1.29 is 14.3 Å². The molecule has 3 aromatic rings. The Morgan fingerprint density at radius 2 is 1.66 bits per heavy atom. The topological polar surface area (TPSA) is 46.9 Å². The molecule has 0 aliphatic carbocycles. The lowest BCUT2D eigenvalue weighted by atomic mass is 10.1. The Hall–Kier alpha value is -2.99. The van der Waals surface area contributed by atoms with Crippen LogP contribution in [-0.2, 0) is 24.8 Å². The maximum atomic E-state index is 13.0. The second-order valence-corrected chi connectivity index (χ2v) is 8.23. The van der Waals surface area contributed by atoms with E-state index in [0.717, 1.165) is 38.3 Å². The number of para-hydroxylation sites is 2. The van der Waals surface area contributed by atoms with Crippen molar-refractivity contribution in [2.75, 3.05) is 39.4 Å². The van der Waals surface area contributed by atoms with Gasteiger partial charge in [-0.05, 0) is 31.5 Å². The number of piperazine rings is 1. The molecule has 0 spiro atoms. The summed E-state index contributed by atoms with van der Waals surface area (Å²) in [4.78, 5) is 17.5. The Labute approximate surface area is 190 Å². The lowest BCUT2D eigenvalue weighted by Gasteiger charge is -2.35. The molecule has 0 bridgehead atoms. The number of fused-ring (bicyclic) bond motifs is 1. The van der Waals surface area contributed by atoms with Crippen LogP contribution in [0.3, 0.4) is 0 Å². The highest BCUT2D eigenvalue weighted by Crippen LogP contribution is 2.32. The number of rotatable bonds is 8. The molecule has 1 aromatic heterocycles. The number of benzene rings is 2. The van der Waals surface area contributed by atoms with E-state index in [4.69, 9.17) is 9.47 Å². The standard InChI is InChI=1S/C26H33N3O3/c1-4-31-24-12-8-9-20(26(24)32-5-2)17-25(30)29-15-13-28(14-16-29)19-21-18-27(3)23-11-7-6-10-22(21)23/h6-12,18H,4-5,13-17,19H2,1-3H3. The third-order valence-corrected chi connectivity index (χ3v) is 6.09. The summed E-state index contributed by atoms with van der Waals surface area (Å²) >= 11 is 0. The highest BCUT2D eigenvalue weighted by atomic mass is 16.5. The Bertz CT molecular complexity index is 1070. The van der Waals surface area contributed by atoms with Crippen LogP contribution in [0.1, 0.15) is 25.0 Å². The first kappa shape index (κ1) is 22.2. The number of aromatic nitrogens is 1.